The molecule has 154 valence electrons. The van der Waals surface area contributed by atoms with Crippen molar-refractivity contribution in [3.63, 3.8) is 0 Å². The fourth-order valence-electron chi connectivity index (χ4n) is 3.63. The number of alkyl halides is 3. The number of fused-ring (bicyclic) bond motifs is 2. The molecule has 1 aliphatic carbocycles. The zero-order valence-corrected chi connectivity index (χ0v) is 16.2. The number of halogens is 3. The molecule has 0 radical (unpaired) electrons. The quantitative estimate of drug-likeness (QED) is 0.494. The van der Waals surface area contributed by atoms with Crippen LogP contribution < -0.4 is 10.7 Å². The number of aliphatic imine (C=N–C) groups is 1. The van der Waals surface area contributed by atoms with E-state index < -0.39 is 11.7 Å². The van der Waals surface area contributed by atoms with E-state index in [1.807, 2.05) is 36.4 Å². The summed E-state index contributed by atoms with van der Waals surface area (Å²) in [5.74, 6) is 0.533. The van der Waals surface area contributed by atoms with Crippen LogP contribution >= 0.6 is 0 Å². The monoisotopic (exact) mass is 419 g/mol. The second kappa shape index (κ2) is 7.46. The molecular formula is C23H16F3N5. The zero-order chi connectivity index (χ0) is 21.4. The average Bonchev–Trinajstić information content (AvgIpc) is 3.05. The molecule has 0 atom stereocenters. The predicted octanol–water partition coefficient (Wildman–Crippen LogP) is 3.96. The summed E-state index contributed by atoms with van der Waals surface area (Å²) in [5.41, 5.74) is 0.505. The molecule has 2 aromatic carbocycles. The van der Waals surface area contributed by atoms with Crippen molar-refractivity contribution in [1.82, 2.24) is 19.7 Å². The summed E-state index contributed by atoms with van der Waals surface area (Å²) in [6.07, 6.45) is 3.98. The van der Waals surface area contributed by atoms with Crippen molar-refractivity contribution in [3.05, 3.63) is 77.3 Å². The molecule has 4 aromatic rings. The SMILES string of the molecule is FC(F)(F)c1cccc(-n2cnc3c2=CCCC(=Nc2nncc4ccccc24)C=3)c1. The van der Waals surface area contributed by atoms with E-state index in [1.54, 1.807) is 16.8 Å². The molecule has 5 nitrogen and oxygen atoms in total. The fraction of sp³-hybridized carbons (Fsp3) is 0.130. The Morgan fingerprint density at radius 3 is 2.77 bits per heavy atom. The van der Waals surface area contributed by atoms with Crippen LogP contribution in [0.15, 0.2) is 66.0 Å². The summed E-state index contributed by atoms with van der Waals surface area (Å²) < 4.78 is 41.0. The lowest BCUT2D eigenvalue weighted by Crippen LogP contribution is -2.29. The molecule has 0 bridgehead atoms. The Balaban J connectivity index is 1.59. The van der Waals surface area contributed by atoms with Gasteiger partial charge in [0.25, 0.3) is 0 Å². The molecule has 2 aromatic heterocycles. The zero-order valence-electron chi connectivity index (χ0n) is 16.2. The molecule has 0 saturated heterocycles. The number of benzene rings is 2. The van der Waals surface area contributed by atoms with Crippen LogP contribution in [0.25, 0.3) is 28.6 Å². The summed E-state index contributed by atoms with van der Waals surface area (Å²) in [6, 6.07) is 13.0. The third-order valence-electron chi connectivity index (χ3n) is 5.13. The highest BCUT2D eigenvalue weighted by atomic mass is 19.4. The topological polar surface area (TPSA) is 56.0 Å². The highest BCUT2D eigenvalue weighted by Gasteiger charge is 2.30. The highest BCUT2D eigenvalue weighted by Crippen LogP contribution is 2.30. The minimum Gasteiger partial charge on any atom is -0.299 e. The standard InChI is InChI=1S/C23H16F3N5/c24-23(25,26)16-6-3-8-18(11-16)31-14-27-20-12-17(7-4-10-21(20)31)29-22-19-9-2-1-5-15(19)13-28-30-22/h1-3,5-6,8-14H,4,7H2. The second-order valence-electron chi connectivity index (χ2n) is 7.18. The van der Waals surface area contributed by atoms with E-state index in [0.717, 1.165) is 34.0 Å². The maximum atomic E-state index is 13.1. The molecule has 0 N–H and O–H groups in total. The molecule has 8 heteroatoms. The first kappa shape index (κ1) is 19.2. The van der Waals surface area contributed by atoms with Crippen LogP contribution in [-0.2, 0) is 6.18 Å². The number of nitrogens with zero attached hydrogens (tertiary/aromatic N) is 5. The van der Waals surface area contributed by atoms with Crippen LogP contribution in [-0.4, -0.2) is 25.5 Å². The molecule has 0 spiro atoms. The van der Waals surface area contributed by atoms with Gasteiger partial charge in [-0.05, 0) is 37.1 Å². The predicted molar refractivity (Wildman–Crippen MR) is 113 cm³/mol. The van der Waals surface area contributed by atoms with Gasteiger partial charge in [-0.25, -0.2) is 9.98 Å². The Hall–Kier alpha value is -3.81. The highest BCUT2D eigenvalue weighted by molar-refractivity contribution is 6.12. The summed E-state index contributed by atoms with van der Waals surface area (Å²) >= 11 is 0. The first-order valence-electron chi connectivity index (χ1n) is 9.70. The van der Waals surface area contributed by atoms with E-state index in [9.17, 15) is 13.2 Å². The van der Waals surface area contributed by atoms with Crippen molar-refractivity contribution in [2.45, 2.75) is 19.0 Å². The van der Waals surface area contributed by atoms with Gasteiger partial charge in [-0.2, -0.15) is 18.3 Å². The Kier molecular flexibility index (Phi) is 4.62. The minimum absolute atomic E-state index is 0.411. The van der Waals surface area contributed by atoms with Crippen molar-refractivity contribution in [1.29, 1.82) is 0 Å². The summed E-state index contributed by atoms with van der Waals surface area (Å²) in [6.45, 7) is 0. The number of hydrogen-bond acceptors (Lipinski definition) is 4. The first-order chi connectivity index (χ1) is 15.0. The van der Waals surface area contributed by atoms with Crippen LogP contribution in [0.2, 0.25) is 0 Å². The number of rotatable bonds is 2. The Bertz CT molecular complexity index is 1430. The number of aromatic nitrogens is 4. The van der Waals surface area contributed by atoms with E-state index in [4.69, 9.17) is 4.99 Å². The van der Waals surface area contributed by atoms with Crippen LogP contribution in [0.3, 0.4) is 0 Å². The summed E-state index contributed by atoms with van der Waals surface area (Å²) in [7, 11) is 0. The molecule has 0 saturated carbocycles. The largest absolute Gasteiger partial charge is 0.416 e. The molecule has 0 unspecified atom stereocenters. The van der Waals surface area contributed by atoms with Gasteiger partial charge >= 0.3 is 6.18 Å². The lowest BCUT2D eigenvalue weighted by molar-refractivity contribution is -0.137. The number of imidazole rings is 1. The lowest BCUT2D eigenvalue weighted by Gasteiger charge is -2.09. The van der Waals surface area contributed by atoms with Crippen LogP contribution in [0.4, 0.5) is 19.0 Å². The van der Waals surface area contributed by atoms with Crippen LogP contribution in [0.5, 0.6) is 0 Å². The molecule has 0 amide bonds. The molecule has 1 aliphatic rings. The smallest absolute Gasteiger partial charge is 0.299 e. The van der Waals surface area contributed by atoms with Crippen molar-refractivity contribution in [3.8, 4) is 5.69 Å². The van der Waals surface area contributed by atoms with Crippen molar-refractivity contribution >= 4 is 34.5 Å². The summed E-state index contributed by atoms with van der Waals surface area (Å²) in [4.78, 5) is 9.12. The van der Waals surface area contributed by atoms with E-state index >= 15 is 0 Å². The fourth-order valence-corrected chi connectivity index (χ4v) is 3.63. The normalized spacial score (nSPS) is 15.3. The molecule has 2 heterocycles. The molecule has 0 fully saturated rings. The van der Waals surface area contributed by atoms with Crippen LogP contribution in [0, 0.1) is 0 Å². The molecular weight excluding hydrogens is 403 g/mol. The van der Waals surface area contributed by atoms with Gasteiger partial charge in [0.15, 0.2) is 5.82 Å². The van der Waals surface area contributed by atoms with Gasteiger partial charge in [-0.15, -0.1) is 5.10 Å². The van der Waals surface area contributed by atoms with Gasteiger partial charge in [0.05, 0.1) is 22.5 Å². The van der Waals surface area contributed by atoms with Crippen molar-refractivity contribution in [2.75, 3.05) is 0 Å². The summed E-state index contributed by atoms with van der Waals surface area (Å²) in [5, 5.41) is 11.5. The average molecular weight is 419 g/mol. The van der Waals surface area contributed by atoms with E-state index in [1.165, 1.54) is 12.4 Å². The van der Waals surface area contributed by atoms with E-state index in [0.29, 0.717) is 29.7 Å². The lowest BCUT2D eigenvalue weighted by atomic mass is 10.2. The molecule has 0 aliphatic heterocycles. The number of hydrogen-bond donors (Lipinski definition) is 0. The maximum absolute atomic E-state index is 13.1. The van der Waals surface area contributed by atoms with Gasteiger partial charge in [0.2, 0.25) is 0 Å². The maximum Gasteiger partial charge on any atom is 0.416 e. The van der Waals surface area contributed by atoms with E-state index in [2.05, 4.69) is 15.2 Å². The van der Waals surface area contributed by atoms with Gasteiger partial charge in [0.1, 0.15) is 6.33 Å². The Labute approximate surface area is 174 Å². The Morgan fingerprint density at radius 1 is 1.03 bits per heavy atom. The van der Waals surface area contributed by atoms with Gasteiger partial charge in [0, 0.05) is 22.2 Å². The molecule has 5 rings (SSSR count). The second-order valence-corrected chi connectivity index (χ2v) is 7.18. The Morgan fingerprint density at radius 2 is 1.90 bits per heavy atom. The first-order valence-corrected chi connectivity index (χ1v) is 9.70. The third kappa shape index (κ3) is 3.72. The van der Waals surface area contributed by atoms with E-state index in [-0.39, 0.29) is 0 Å². The van der Waals surface area contributed by atoms with Gasteiger partial charge in [-0.1, -0.05) is 36.4 Å². The van der Waals surface area contributed by atoms with Crippen molar-refractivity contribution in [2.24, 2.45) is 4.99 Å². The third-order valence-corrected chi connectivity index (χ3v) is 5.13. The van der Waals surface area contributed by atoms with Gasteiger partial charge in [-0.3, -0.25) is 4.57 Å². The van der Waals surface area contributed by atoms with Gasteiger partial charge < -0.3 is 0 Å². The molecule has 31 heavy (non-hydrogen) atoms. The van der Waals surface area contributed by atoms with Crippen LogP contribution in [0.1, 0.15) is 18.4 Å². The minimum atomic E-state index is -4.40. The van der Waals surface area contributed by atoms with Crippen molar-refractivity contribution < 1.29 is 13.2 Å².